The van der Waals surface area contributed by atoms with Crippen LogP contribution in [0.2, 0.25) is 0 Å². The molecule has 1 aliphatic rings. The van der Waals surface area contributed by atoms with Crippen LogP contribution in [0.15, 0.2) is 42.2 Å². The standard InChI is InChI=1S/C25H24N8O2S/c1-2-3-19(34)30-17-8-10-18(11-9-17)33-23-20(22(26)28-14-29-23)21(32-33)15-4-6-16(7-5-15)24(35)31-25-27-12-13-36-25/h4-7,12-14,17-18H,8-11H2,1H3,(H,30,34)(H2,26,28,29)(H,27,31,35)/t17-,18-. The van der Waals surface area contributed by atoms with Crippen molar-refractivity contribution in [1.29, 1.82) is 0 Å². The van der Waals surface area contributed by atoms with Crippen molar-refractivity contribution in [2.24, 2.45) is 0 Å². The van der Waals surface area contributed by atoms with Crippen LogP contribution in [0.25, 0.3) is 22.3 Å². The molecule has 10 nitrogen and oxygen atoms in total. The molecule has 0 spiro atoms. The van der Waals surface area contributed by atoms with E-state index in [0.717, 1.165) is 31.2 Å². The number of nitrogens with zero attached hydrogens (tertiary/aromatic N) is 5. The van der Waals surface area contributed by atoms with Gasteiger partial charge < -0.3 is 11.1 Å². The van der Waals surface area contributed by atoms with E-state index in [4.69, 9.17) is 10.8 Å². The first kappa shape index (κ1) is 23.4. The van der Waals surface area contributed by atoms with Gasteiger partial charge in [0, 0.05) is 28.7 Å². The average molecular weight is 501 g/mol. The first-order valence-electron chi connectivity index (χ1n) is 11.6. The van der Waals surface area contributed by atoms with Crippen molar-refractivity contribution in [1.82, 2.24) is 30.0 Å². The van der Waals surface area contributed by atoms with Gasteiger partial charge in [0.25, 0.3) is 11.8 Å². The molecule has 0 atom stereocenters. The molecule has 1 aliphatic carbocycles. The maximum atomic E-state index is 12.5. The van der Waals surface area contributed by atoms with Crippen molar-refractivity contribution in [2.45, 2.75) is 44.7 Å². The Morgan fingerprint density at radius 3 is 2.58 bits per heavy atom. The Morgan fingerprint density at radius 2 is 1.89 bits per heavy atom. The molecule has 0 bridgehead atoms. The highest BCUT2D eigenvalue weighted by Gasteiger charge is 2.27. The lowest BCUT2D eigenvalue weighted by atomic mass is 9.91. The Balaban J connectivity index is 1.39. The van der Waals surface area contributed by atoms with Crippen LogP contribution < -0.4 is 16.4 Å². The predicted octanol–water partition coefficient (Wildman–Crippen LogP) is 3.41. The molecule has 11 heteroatoms. The normalized spacial score (nSPS) is 17.2. The summed E-state index contributed by atoms with van der Waals surface area (Å²) in [5, 5.41) is 13.7. The molecule has 1 fully saturated rings. The summed E-state index contributed by atoms with van der Waals surface area (Å²) < 4.78 is 1.93. The number of nitrogen functional groups attached to an aromatic ring is 1. The molecule has 0 unspecified atom stereocenters. The number of aromatic nitrogens is 5. The van der Waals surface area contributed by atoms with E-state index in [9.17, 15) is 9.59 Å². The number of nitrogens with one attached hydrogen (secondary N) is 2. The molecule has 2 amide bonds. The second kappa shape index (κ2) is 10.1. The zero-order chi connectivity index (χ0) is 25.1. The van der Waals surface area contributed by atoms with Crippen molar-refractivity contribution in [3.63, 3.8) is 0 Å². The lowest BCUT2D eigenvalue weighted by Crippen LogP contribution is -2.37. The van der Waals surface area contributed by atoms with Gasteiger partial charge in [-0.2, -0.15) is 5.10 Å². The molecule has 182 valence electrons. The van der Waals surface area contributed by atoms with Gasteiger partial charge in [0.15, 0.2) is 10.8 Å². The third-order valence-corrected chi connectivity index (χ3v) is 6.90. The minimum absolute atomic E-state index is 0.0960. The topological polar surface area (TPSA) is 141 Å². The molecule has 0 saturated heterocycles. The molecule has 3 heterocycles. The lowest BCUT2D eigenvalue weighted by Gasteiger charge is -2.28. The Hall–Kier alpha value is -4.30. The first-order chi connectivity index (χ1) is 17.5. The van der Waals surface area contributed by atoms with Crippen LogP contribution in [-0.4, -0.2) is 42.6 Å². The zero-order valence-electron chi connectivity index (χ0n) is 19.6. The fourth-order valence-electron chi connectivity index (χ4n) is 4.49. The predicted molar refractivity (Wildman–Crippen MR) is 138 cm³/mol. The van der Waals surface area contributed by atoms with Gasteiger partial charge in [0.05, 0.1) is 11.4 Å². The van der Waals surface area contributed by atoms with Crippen LogP contribution >= 0.6 is 11.3 Å². The Bertz CT molecular complexity index is 1460. The smallest absolute Gasteiger partial charge is 0.296 e. The Kier molecular flexibility index (Phi) is 6.60. The number of benzene rings is 1. The molecule has 0 radical (unpaired) electrons. The summed E-state index contributed by atoms with van der Waals surface area (Å²) in [4.78, 5) is 37.1. The number of carbonyl (C=O) groups excluding carboxylic acids is 2. The Labute approximate surface area is 211 Å². The van der Waals surface area contributed by atoms with E-state index >= 15 is 0 Å². The van der Waals surface area contributed by atoms with E-state index < -0.39 is 0 Å². The number of rotatable bonds is 5. The summed E-state index contributed by atoms with van der Waals surface area (Å²) in [6.45, 7) is 1.65. The molecule has 36 heavy (non-hydrogen) atoms. The molecule has 5 rings (SSSR count). The van der Waals surface area contributed by atoms with Crippen LogP contribution in [0.5, 0.6) is 0 Å². The maximum Gasteiger partial charge on any atom is 0.296 e. The monoisotopic (exact) mass is 500 g/mol. The lowest BCUT2D eigenvalue weighted by molar-refractivity contribution is -0.116. The highest BCUT2D eigenvalue weighted by Crippen LogP contribution is 2.36. The van der Waals surface area contributed by atoms with E-state index in [1.54, 1.807) is 30.6 Å². The first-order valence-corrected chi connectivity index (χ1v) is 12.4. The van der Waals surface area contributed by atoms with Gasteiger partial charge >= 0.3 is 0 Å². The van der Waals surface area contributed by atoms with Gasteiger partial charge in [0.2, 0.25) is 0 Å². The summed E-state index contributed by atoms with van der Waals surface area (Å²) in [5.41, 5.74) is 8.92. The quantitative estimate of drug-likeness (QED) is 0.357. The SMILES string of the molecule is CC#CC(=O)N[C@H]1CC[C@H](n2nc(-c3ccc(C(=O)Nc4nccs4)cc3)c3c(N)ncnc32)CC1. The van der Waals surface area contributed by atoms with E-state index in [1.807, 2.05) is 16.8 Å². The van der Waals surface area contributed by atoms with Gasteiger partial charge in [-0.3, -0.25) is 14.9 Å². The zero-order valence-corrected chi connectivity index (χ0v) is 20.4. The molecular weight excluding hydrogens is 476 g/mol. The number of nitrogens with two attached hydrogens (primary N) is 1. The molecule has 0 aliphatic heterocycles. The maximum absolute atomic E-state index is 12.5. The second-order valence-electron chi connectivity index (χ2n) is 8.47. The van der Waals surface area contributed by atoms with Crippen molar-refractivity contribution in [3.8, 4) is 23.1 Å². The third kappa shape index (κ3) is 4.76. The molecule has 4 N–H and O–H groups in total. The number of hydrogen-bond donors (Lipinski definition) is 3. The Morgan fingerprint density at radius 1 is 1.11 bits per heavy atom. The van der Waals surface area contributed by atoms with Gasteiger partial charge in [-0.15, -0.1) is 11.3 Å². The van der Waals surface area contributed by atoms with Crippen LogP contribution in [0, 0.1) is 11.8 Å². The summed E-state index contributed by atoms with van der Waals surface area (Å²) in [5.74, 6) is 5.04. The second-order valence-corrected chi connectivity index (χ2v) is 9.37. The highest BCUT2D eigenvalue weighted by molar-refractivity contribution is 7.13. The van der Waals surface area contributed by atoms with Crippen LogP contribution in [0.4, 0.5) is 10.9 Å². The van der Waals surface area contributed by atoms with Gasteiger partial charge in [0.1, 0.15) is 17.8 Å². The van der Waals surface area contributed by atoms with Gasteiger partial charge in [-0.25, -0.2) is 19.6 Å². The molecule has 3 aromatic heterocycles. The van der Waals surface area contributed by atoms with Crippen LogP contribution in [0.3, 0.4) is 0 Å². The van der Waals surface area contributed by atoms with E-state index in [2.05, 4.69) is 37.4 Å². The summed E-state index contributed by atoms with van der Waals surface area (Å²) in [6.07, 6.45) is 6.40. The van der Waals surface area contributed by atoms with Crippen molar-refractivity contribution in [3.05, 3.63) is 47.7 Å². The number of thiazole rings is 1. The number of carbonyl (C=O) groups is 2. The summed E-state index contributed by atoms with van der Waals surface area (Å²) in [6, 6.07) is 7.39. The largest absolute Gasteiger partial charge is 0.383 e. The van der Waals surface area contributed by atoms with E-state index in [0.29, 0.717) is 33.2 Å². The van der Waals surface area contributed by atoms with Crippen LogP contribution in [0.1, 0.15) is 49.0 Å². The number of hydrogen-bond acceptors (Lipinski definition) is 8. The van der Waals surface area contributed by atoms with Crippen molar-refractivity contribution in [2.75, 3.05) is 11.1 Å². The number of anilines is 2. The fourth-order valence-corrected chi connectivity index (χ4v) is 5.01. The minimum Gasteiger partial charge on any atom is -0.383 e. The van der Waals surface area contributed by atoms with Crippen molar-refractivity contribution >= 4 is 45.1 Å². The minimum atomic E-state index is -0.239. The molecule has 1 aromatic carbocycles. The van der Waals surface area contributed by atoms with E-state index in [-0.39, 0.29) is 23.9 Å². The highest BCUT2D eigenvalue weighted by atomic mass is 32.1. The number of amides is 2. The average Bonchev–Trinajstić information content (AvgIpc) is 3.53. The summed E-state index contributed by atoms with van der Waals surface area (Å²) in [7, 11) is 0. The number of fused-ring (bicyclic) bond motifs is 1. The molecule has 1 saturated carbocycles. The van der Waals surface area contributed by atoms with Crippen LogP contribution in [-0.2, 0) is 4.79 Å². The third-order valence-electron chi connectivity index (χ3n) is 6.21. The fraction of sp³-hybridized carbons (Fsp3) is 0.280. The van der Waals surface area contributed by atoms with Gasteiger partial charge in [-0.1, -0.05) is 18.1 Å². The molecule has 4 aromatic rings. The van der Waals surface area contributed by atoms with Crippen molar-refractivity contribution < 1.29 is 9.59 Å². The van der Waals surface area contributed by atoms with E-state index in [1.165, 1.54) is 17.7 Å². The molecular formula is C25H24N8O2S. The summed E-state index contributed by atoms with van der Waals surface area (Å²) >= 11 is 1.36. The van der Waals surface area contributed by atoms with Gasteiger partial charge in [-0.05, 0) is 50.7 Å².